The average Bonchev–Trinajstić information content (AvgIpc) is 3.17. The van der Waals surface area contributed by atoms with Crippen molar-refractivity contribution in [2.45, 2.75) is 52.2 Å². The van der Waals surface area contributed by atoms with E-state index in [4.69, 9.17) is 4.74 Å². The Balaban J connectivity index is 1.65. The summed E-state index contributed by atoms with van der Waals surface area (Å²) >= 11 is 0. The first kappa shape index (κ1) is 19.8. The van der Waals surface area contributed by atoms with Gasteiger partial charge in [0.15, 0.2) is 0 Å². The highest BCUT2D eigenvalue weighted by Gasteiger charge is 2.16. The zero-order chi connectivity index (χ0) is 19.2. The number of methoxy groups -OCH3 is 1. The average molecular weight is 368 g/mol. The van der Waals surface area contributed by atoms with Crippen molar-refractivity contribution in [2.75, 3.05) is 27.2 Å². The van der Waals surface area contributed by atoms with Crippen LogP contribution < -0.4 is 4.74 Å². The summed E-state index contributed by atoms with van der Waals surface area (Å²) < 4.78 is 5.61. The fraction of sp³-hybridized carbons (Fsp3) is 0.522. The molecule has 0 aliphatic carbocycles. The van der Waals surface area contributed by atoms with Gasteiger partial charge in [0, 0.05) is 43.0 Å². The minimum Gasteiger partial charge on any atom is -0.496 e. The number of hydrogen-bond acceptors (Lipinski definition) is 4. The topological polar surface area (TPSA) is 28.6 Å². The van der Waals surface area contributed by atoms with Gasteiger partial charge in [-0.15, -0.1) is 0 Å². The summed E-state index contributed by atoms with van der Waals surface area (Å²) in [6.45, 7) is 8.75. The van der Waals surface area contributed by atoms with Gasteiger partial charge >= 0.3 is 0 Å². The largest absolute Gasteiger partial charge is 0.496 e. The van der Waals surface area contributed by atoms with Gasteiger partial charge in [-0.05, 0) is 76.2 Å². The summed E-state index contributed by atoms with van der Waals surface area (Å²) in [5.41, 5.74) is 5.12. The third-order valence-corrected chi connectivity index (χ3v) is 5.73. The predicted octanol–water partition coefficient (Wildman–Crippen LogP) is 4.06. The van der Waals surface area contributed by atoms with Crippen molar-refractivity contribution in [1.29, 1.82) is 0 Å². The van der Waals surface area contributed by atoms with Crippen LogP contribution in [-0.2, 0) is 19.5 Å². The molecule has 2 heterocycles. The number of aryl methyl sites for hydroxylation is 1. The van der Waals surface area contributed by atoms with E-state index in [0.29, 0.717) is 6.04 Å². The van der Waals surface area contributed by atoms with Gasteiger partial charge in [-0.25, -0.2) is 0 Å². The maximum Gasteiger partial charge on any atom is 0.123 e. The quantitative estimate of drug-likeness (QED) is 0.703. The second-order valence-electron chi connectivity index (χ2n) is 7.86. The Bertz CT molecular complexity index is 740. The number of likely N-dealkylation sites (N-methyl/N-ethyl adjacent to an activating group) is 1. The molecule has 1 aromatic heterocycles. The zero-order valence-corrected chi connectivity index (χ0v) is 17.2. The van der Waals surface area contributed by atoms with Crippen LogP contribution in [0.25, 0.3) is 0 Å². The van der Waals surface area contributed by atoms with Gasteiger partial charge in [-0.1, -0.05) is 12.1 Å². The normalized spacial score (nSPS) is 16.0. The Labute approximate surface area is 164 Å². The summed E-state index contributed by atoms with van der Waals surface area (Å²) in [5.74, 6) is 1.01. The third-order valence-electron chi connectivity index (χ3n) is 5.73. The molecule has 146 valence electrons. The minimum atomic E-state index is 0.433. The lowest BCUT2D eigenvalue weighted by Crippen LogP contribution is -2.31. The highest BCUT2D eigenvalue weighted by atomic mass is 16.5. The molecule has 0 N–H and O–H groups in total. The van der Waals surface area contributed by atoms with Crippen LogP contribution in [0.5, 0.6) is 5.75 Å². The van der Waals surface area contributed by atoms with Crippen LogP contribution in [0.3, 0.4) is 0 Å². The molecule has 3 rings (SSSR count). The number of aromatic nitrogens is 1. The van der Waals surface area contributed by atoms with E-state index in [9.17, 15) is 0 Å². The lowest BCUT2D eigenvalue weighted by molar-refractivity contribution is 0.246. The first-order chi connectivity index (χ1) is 13.1. The van der Waals surface area contributed by atoms with E-state index in [1.54, 1.807) is 7.11 Å². The summed E-state index contributed by atoms with van der Waals surface area (Å²) in [5, 5.41) is 0. The lowest BCUT2D eigenvalue weighted by Gasteiger charge is -2.26. The van der Waals surface area contributed by atoms with Gasteiger partial charge in [-0.3, -0.25) is 14.8 Å². The molecule has 0 bridgehead atoms. The summed E-state index contributed by atoms with van der Waals surface area (Å²) in [4.78, 5) is 9.49. The monoisotopic (exact) mass is 367 g/mol. The van der Waals surface area contributed by atoms with Crippen molar-refractivity contribution in [3.63, 3.8) is 0 Å². The molecule has 1 saturated heterocycles. The van der Waals surface area contributed by atoms with Gasteiger partial charge < -0.3 is 4.74 Å². The Morgan fingerprint density at radius 3 is 2.70 bits per heavy atom. The van der Waals surface area contributed by atoms with Crippen molar-refractivity contribution in [1.82, 2.24) is 14.8 Å². The van der Waals surface area contributed by atoms with E-state index in [-0.39, 0.29) is 0 Å². The Kier molecular flexibility index (Phi) is 6.86. The summed E-state index contributed by atoms with van der Waals surface area (Å²) in [6, 6.07) is 11.2. The summed E-state index contributed by atoms with van der Waals surface area (Å²) in [7, 11) is 3.97. The Morgan fingerprint density at radius 2 is 2.00 bits per heavy atom. The van der Waals surface area contributed by atoms with Gasteiger partial charge in [0.25, 0.3) is 0 Å². The molecule has 1 aromatic carbocycles. The van der Waals surface area contributed by atoms with Crippen LogP contribution in [0.1, 0.15) is 42.1 Å². The highest BCUT2D eigenvalue weighted by Crippen LogP contribution is 2.24. The number of rotatable bonds is 8. The maximum absolute atomic E-state index is 5.61. The van der Waals surface area contributed by atoms with E-state index in [2.05, 4.69) is 59.9 Å². The van der Waals surface area contributed by atoms with Crippen molar-refractivity contribution in [3.05, 3.63) is 58.9 Å². The fourth-order valence-electron chi connectivity index (χ4n) is 3.85. The first-order valence-corrected chi connectivity index (χ1v) is 10.1. The zero-order valence-electron chi connectivity index (χ0n) is 17.2. The molecule has 0 radical (unpaired) electrons. The predicted molar refractivity (Wildman–Crippen MR) is 111 cm³/mol. The number of pyridine rings is 1. The van der Waals surface area contributed by atoms with Crippen molar-refractivity contribution in [3.8, 4) is 5.75 Å². The second kappa shape index (κ2) is 9.34. The van der Waals surface area contributed by atoms with Crippen LogP contribution in [0.15, 0.2) is 36.5 Å². The molecule has 0 saturated carbocycles. The van der Waals surface area contributed by atoms with Crippen molar-refractivity contribution < 1.29 is 4.74 Å². The van der Waals surface area contributed by atoms with E-state index in [0.717, 1.165) is 25.3 Å². The molecule has 0 spiro atoms. The molecule has 1 unspecified atom stereocenters. The SMILES string of the molecule is COc1ccc(CN(C)C(C)Cc2ncccc2C)cc1CN1CCCC1. The smallest absolute Gasteiger partial charge is 0.123 e. The molecule has 4 nitrogen and oxygen atoms in total. The molecular formula is C23H33N3O. The van der Waals surface area contributed by atoms with Crippen LogP contribution in [-0.4, -0.2) is 48.1 Å². The lowest BCUT2D eigenvalue weighted by atomic mass is 10.1. The van der Waals surface area contributed by atoms with E-state index >= 15 is 0 Å². The molecule has 0 amide bonds. The van der Waals surface area contributed by atoms with Crippen molar-refractivity contribution in [2.24, 2.45) is 0 Å². The minimum absolute atomic E-state index is 0.433. The fourth-order valence-corrected chi connectivity index (χ4v) is 3.85. The maximum atomic E-state index is 5.61. The standard InChI is InChI=1S/C23H33N3O/c1-18-8-7-11-24-22(18)14-19(2)25(3)16-20-9-10-23(27-4)21(15-20)17-26-12-5-6-13-26/h7-11,15,19H,5-6,12-14,16-17H2,1-4H3. The number of nitrogens with zero attached hydrogens (tertiary/aromatic N) is 3. The molecule has 2 aromatic rings. The molecule has 1 aliphatic heterocycles. The van der Waals surface area contributed by atoms with E-state index in [1.807, 2.05) is 12.3 Å². The molecule has 1 aliphatic rings. The third kappa shape index (κ3) is 5.30. The van der Waals surface area contributed by atoms with Gasteiger partial charge in [0.2, 0.25) is 0 Å². The number of likely N-dealkylation sites (tertiary alicyclic amines) is 1. The molecule has 27 heavy (non-hydrogen) atoms. The van der Waals surface area contributed by atoms with Gasteiger partial charge in [0.1, 0.15) is 5.75 Å². The molecular weight excluding hydrogens is 334 g/mol. The molecule has 4 heteroatoms. The number of benzene rings is 1. The Hall–Kier alpha value is -1.91. The van der Waals surface area contributed by atoms with Crippen molar-refractivity contribution >= 4 is 0 Å². The van der Waals surface area contributed by atoms with Gasteiger partial charge in [-0.2, -0.15) is 0 Å². The Morgan fingerprint density at radius 1 is 1.22 bits per heavy atom. The van der Waals surface area contributed by atoms with E-state index < -0.39 is 0 Å². The van der Waals surface area contributed by atoms with Crippen LogP contribution in [0.2, 0.25) is 0 Å². The highest BCUT2D eigenvalue weighted by molar-refractivity contribution is 5.37. The van der Waals surface area contributed by atoms with Gasteiger partial charge in [0.05, 0.1) is 7.11 Å². The second-order valence-corrected chi connectivity index (χ2v) is 7.86. The molecule has 1 fully saturated rings. The van der Waals surface area contributed by atoms with Crippen LogP contribution >= 0.6 is 0 Å². The first-order valence-electron chi connectivity index (χ1n) is 10.1. The van der Waals surface area contributed by atoms with Crippen LogP contribution in [0, 0.1) is 6.92 Å². The van der Waals surface area contributed by atoms with E-state index in [1.165, 1.54) is 48.3 Å². The summed E-state index contributed by atoms with van der Waals surface area (Å²) in [6.07, 6.45) is 5.49. The number of ether oxygens (including phenoxy) is 1. The number of hydrogen-bond donors (Lipinski definition) is 0. The molecule has 1 atom stereocenters. The van der Waals surface area contributed by atoms with Crippen LogP contribution in [0.4, 0.5) is 0 Å².